The van der Waals surface area contributed by atoms with Crippen molar-refractivity contribution in [2.45, 2.75) is 0 Å². The fourth-order valence-corrected chi connectivity index (χ4v) is 5.52. The summed E-state index contributed by atoms with van der Waals surface area (Å²) < 4.78 is 7.71. The summed E-state index contributed by atoms with van der Waals surface area (Å²) >= 11 is 0. The first-order valence-electron chi connectivity index (χ1n) is 7.85. The van der Waals surface area contributed by atoms with Crippen LogP contribution in [0.4, 0.5) is 0 Å². The standard InChI is InChI=1S/C20H16NO3S/c1-21-19(22)14-9-3-4-11-16(14)25(21)17-12-6-8-13-7-5-10-15(18(13)17)20(23)24-2/h3-12H,1-2H3/q+1. The van der Waals surface area contributed by atoms with Gasteiger partial charge in [-0.05, 0) is 17.5 Å². The molecule has 4 aromatic rings. The van der Waals surface area contributed by atoms with Crippen LogP contribution in [0, 0.1) is 0 Å². The highest BCUT2D eigenvalue weighted by atomic mass is 32.2. The molecule has 0 radical (unpaired) electrons. The second-order valence-corrected chi connectivity index (χ2v) is 7.73. The number of methoxy groups -OCH3 is 1. The van der Waals surface area contributed by atoms with E-state index in [2.05, 4.69) is 0 Å². The quantitative estimate of drug-likeness (QED) is 0.402. The minimum atomic E-state index is -0.568. The van der Waals surface area contributed by atoms with E-state index < -0.39 is 10.7 Å². The Labute approximate surface area is 147 Å². The molecule has 5 heteroatoms. The smallest absolute Gasteiger partial charge is 0.338 e. The third kappa shape index (κ3) is 2.27. The molecule has 0 amide bonds. The lowest BCUT2D eigenvalue weighted by Gasteiger charge is -2.06. The number of hydrogen-bond acceptors (Lipinski definition) is 3. The van der Waals surface area contributed by atoms with Crippen molar-refractivity contribution >= 4 is 37.5 Å². The van der Waals surface area contributed by atoms with Crippen LogP contribution in [0.15, 0.2) is 65.5 Å². The molecular weight excluding hydrogens is 334 g/mol. The largest absolute Gasteiger partial charge is 0.465 e. The van der Waals surface area contributed by atoms with Crippen LogP contribution in [0.5, 0.6) is 0 Å². The zero-order valence-electron chi connectivity index (χ0n) is 13.9. The SMILES string of the molecule is COC(=O)c1cccc2cccc(-[s+]3c4ccccc4c(=O)n3C)c12. The highest BCUT2D eigenvalue weighted by Crippen LogP contribution is 2.42. The summed E-state index contributed by atoms with van der Waals surface area (Å²) in [7, 11) is 2.62. The van der Waals surface area contributed by atoms with Gasteiger partial charge in [-0.1, -0.05) is 36.4 Å². The van der Waals surface area contributed by atoms with Crippen molar-refractivity contribution in [1.82, 2.24) is 3.96 Å². The van der Waals surface area contributed by atoms with Crippen LogP contribution < -0.4 is 5.56 Å². The van der Waals surface area contributed by atoms with Gasteiger partial charge in [0.1, 0.15) is 16.1 Å². The van der Waals surface area contributed by atoms with Crippen LogP contribution in [0.1, 0.15) is 10.4 Å². The molecule has 25 heavy (non-hydrogen) atoms. The van der Waals surface area contributed by atoms with E-state index in [1.807, 2.05) is 61.6 Å². The molecule has 1 unspecified atom stereocenters. The number of aromatic nitrogens is 1. The van der Waals surface area contributed by atoms with Gasteiger partial charge >= 0.3 is 11.5 Å². The van der Waals surface area contributed by atoms with Gasteiger partial charge < -0.3 is 4.74 Å². The maximum absolute atomic E-state index is 12.6. The second-order valence-electron chi connectivity index (χ2n) is 5.73. The minimum absolute atomic E-state index is 0.00601. The van der Waals surface area contributed by atoms with Crippen molar-refractivity contribution in [3.05, 3.63) is 76.6 Å². The van der Waals surface area contributed by atoms with E-state index in [9.17, 15) is 9.59 Å². The van der Waals surface area contributed by atoms with E-state index in [1.165, 1.54) is 7.11 Å². The van der Waals surface area contributed by atoms with Gasteiger partial charge in [0.2, 0.25) is 9.60 Å². The summed E-state index contributed by atoms with van der Waals surface area (Å²) in [5.74, 6) is -0.372. The van der Waals surface area contributed by atoms with Crippen molar-refractivity contribution in [1.29, 1.82) is 0 Å². The molecule has 124 valence electrons. The normalized spacial score (nSPS) is 11.8. The molecule has 0 aliphatic rings. The Hall–Kier alpha value is -2.92. The van der Waals surface area contributed by atoms with E-state index in [1.54, 1.807) is 10.0 Å². The molecule has 1 heterocycles. The predicted octanol–water partition coefficient (Wildman–Crippen LogP) is 4.22. The van der Waals surface area contributed by atoms with Gasteiger partial charge in [-0.3, -0.25) is 4.79 Å². The Morgan fingerprint density at radius 3 is 2.48 bits per heavy atom. The third-order valence-electron chi connectivity index (χ3n) is 4.37. The summed E-state index contributed by atoms with van der Waals surface area (Å²) in [6.45, 7) is 0. The van der Waals surface area contributed by atoms with Gasteiger partial charge in [-0.2, -0.15) is 0 Å². The third-order valence-corrected chi connectivity index (χ3v) is 6.61. The molecule has 0 spiro atoms. The lowest BCUT2D eigenvalue weighted by atomic mass is 10.0. The number of carbonyl (C=O) groups is 1. The van der Waals surface area contributed by atoms with Crippen LogP contribution in [0.2, 0.25) is 0 Å². The number of rotatable bonds is 2. The molecule has 4 nitrogen and oxygen atoms in total. The number of esters is 1. The Morgan fingerprint density at radius 2 is 1.72 bits per heavy atom. The predicted molar refractivity (Wildman–Crippen MR) is 102 cm³/mol. The topological polar surface area (TPSA) is 48.3 Å². The first-order chi connectivity index (χ1) is 12.1. The average Bonchev–Trinajstić information content (AvgIpc) is 2.91. The minimum Gasteiger partial charge on any atom is -0.465 e. The molecule has 1 atom stereocenters. The number of hydrogen-bond donors (Lipinski definition) is 0. The molecule has 0 N–H and O–H groups in total. The van der Waals surface area contributed by atoms with Crippen molar-refractivity contribution in [3.63, 3.8) is 0 Å². The van der Waals surface area contributed by atoms with E-state index >= 15 is 0 Å². The zero-order chi connectivity index (χ0) is 17.6. The maximum atomic E-state index is 12.6. The second kappa shape index (κ2) is 5.86. The number of carbonyl (C=O) groups excluding carboxylic acids is 1. The van der Waals surface area contributed by atoms with Crippen molar-refractivity contribution in [2.24, 2.45) is 7.05 Å². The van der Waals surface area contributed by atoms with Crippen molar-refractivity contribution < 1.29 is 9.53 Å². The average molecular weight is 350 g/mol. The Morgan fingerprint density at radius 1 is 1.00 bits per heavy atom. The van der Waals surface area contributed by atoms with Crippen LogP contribution in [0.25, 0.3) is 25.8 Å². The molecule has 0 bridgehead atoms. The van der Waals surface area contributed by atoms with Crippen LogP contribution in [-0.4, -0.2) is 17.0 Å². The van der Waals surface area contributed by atoms with Gasteiger partial charge in [0.05, 0.1) is 25.1 Å². The molecule has 0 aliphatic carbocycles. The fraction of sp³-hybridized carbons (Fsp3) is 0.100. The molecule has 1 aromatic heterocycles. The molecule has 0 fully saturated rings. The van der Waals surface area contributed by atoms with E-state index in [0.29, 0.717) is 5.56 Å². The van der Waals surface area contributed by atoms with Gasteiger partial charge in [0.15, 0.2) is 0 Å². The Kier molecular flexibility index (Phi) is 3.66. The van der Waals surface area contributed by atoms with Gasteiger partial charge in [-0.15, -0.1) is 3.96 Å². The first kappa shape index (κ1) is 15.6. The van der Waals surface area contributed by atoms with E-state index in [-0.39, 0.29) is 11.5 Å². The van der Waals surface area contributed by atoms with Crippen LogP contribution in [0.3, 0.4) is 0 Å². The van der Waals surface area contributed by atoms with Crippen LogP contribution >= 0.6 is 10.7 Å². The molecule has 4 rings (SSSR count). The Bertz CT molecular complexity index is 1180. The lowest BCUT2D eigenvalue weighted by molar-refractivity contribution is 0.0603. The number of nitrogens with zero attached hydrogens (tertiary/aromatic N) is 1. The van der Waals surface area contributed by atoms with E-state index in [4.69, 9.17) is 4.74 Å². The maximum Gasteiger partial charge on any atom is 0.338 e. The van der Waals surface area contributed by atoms with Crippen LogP contribution in [-0.2, 0) is 11.8 Å². The molecule has 0 aliphatic heterocycles. The zero-order valence-corrected chi connectivity index (χ0v) is 14.7. The summed E-state index contributed by atoms with van der Waals surface area (Å²) in [6, 6.07) is 19.2. The first-order valence-corrected chi connectivity index (χ1v) is 9.03. The summed E-state index contributed by atoms with van der Waals surface area (Å²) in [6.07, 6.45) is 0. The number of benzene rings is 3. The fourth-order valence-electron chi connectivity index (χ4n) is 3.23. The molecule has 0 saturated carbocycles. The van der Waals surface area contributed by atoms with Crippen molar-refractivity contribution in [3.8, 4) is 4.90 Å². The summed E-state index contributed by atoms with van der Waals surface area (Å²) in [4.78, 5) is 25.9. The lowest BCUT2D eigenvalue weighted by Crippen LogP contribution is -2.09. The van der Waals surface area contributed by atoms with E-state index in [0.717, 1.165) is 25.8 Å². The van der Waals surface area contributed by atoms with Gasteiger partial charge in [0.25, 0.3) is 0 Å². The molecule has 0 saturated heterocycles. The van der Waals surface area contributed by atoms with Crippen molar-refractivity contribution in [2.75, 3.05) is 7.11 Å². The monoisotopic (exact) mass is 350 g/mol. The number of ether oxygens (including phenoxy) is 1. The molecular formula is C20H16NO3S+. The molecule has 3 aromatic carbocycles. The highest BCUT2D eigenvalue weighted by molar-refractivity contribution is 7.41. The highest BCUT2D eigenvalue weighted by Gasteiger charge is 2.27. The number of fused-ring (bicyclic) bond motifs is 2. The summed E-state index contributed by atoms with van der Waals surface area (Å²) in [5, 5.41) is 2.52. The Balaban J connectivity index is 2.18. The van der Waals surface area contributed by atoms with Gasteiger partial charge in [0, 0.05) is 12.1 Å². The van der Waals surface area contributed by atoms with Gasteiger partial charge in [-0.25, -0.2) is 4.79 Å². The summed E-state index contributed by atoms with van der Waals surface area (Å²) in [5.41, 5.74) is 0.528.